The lowest BCUT2D eigenvalue weighted by atomic mass is 9.84. The van der Waals surface area contributed by atoms with Crippen LogP contribution in [0.2, 0.25) is 0 Å². The third kappa shape index (κ3) is 5.53. The normalized spacial score (nSPS) is 19.8. The first-order valence-corrected chi connectivity index (χ1v) is 15.1. The summed E-state index contributed by atoms with van der Waals surface area (Å²) >= 11 is 2.93. The van der Waals surface area contributed by atoms with Gasteiger partial charge in [-0.05, 0) is 76.3 Å². The fraction of sp³-hybridized carbons (Fsp3) is 0.387. The first-order chi connectivity index (χ1) is 20.8. The number of hydrogen-bond acceptors (Lipinski definition) is 6. The van der Waals surface area contributed by atoms with Gasteiger partial charge in [0.25, 0.3) is 11.5 Å². The van der Waals surface area contributed by atoms with Crippen molar-refractivity contribution in [1.29, 1.82) is 0 Å². The molecule has 1 amide bonds. The zero-order valence-corrected chi connectivity index (χ0v) is 26.1. The number of ether oxygens (including phenoxy) is 1. The number of rotatable bonds is 5. The third-order valence-electron chi connectivity index (χ3n) is 8.17. The van der Waals surface area contributed by atoms with Crippen molar-refractivity contribution in [2.24, 2.45) is 5.92 Å². The monoisotopic (exact) mass is 670 g/mol. The number of hydrogen-bond donors (Lipinski definition) is 0. The number of nitrogens with zero attached hydrogens (tertiary/aromatic N) is 6. The minimum absolute atomic E-state index is 0.0556. The molecule has 44 heavy (non-hydrogen) atoms. The SMILES string of the molecule is Cc1cc(C)n(-c2nc3c(c(=O)n2-c2ccc(O[C@H]4C[C@H](C)C4)nc2)CC(C)N(C(=O)c2ccc(Br)c(C(F)(F)F)c2)C3)n1. The van der Waals surface area contributed by atoms with Crippen LogP contribution in [-0.4, -0.2) is 47.3 Å². The van der Waals surface area contributed by atoms with E-state index in [0.29, 0.717) is 28.7 Å². The lowest BCUT2D eigenvalue weighted by Crippen LogP contribution is -2.46. The summed E-state index contributed by atoms with van der Waals surface area (Å²) in [6, 6.07) is 8.26. The van der Waals surface area contributed by atoms with Crippen LogP contribution in [0.15, 0.2) is 51.9 Å². The second-order valence-electron chi connectivity index (χ2n) is 11.7. The maximum Gasteiger partial charge on any atom is 0.417 e. The van der Waals surface area contributed by atoms with Gasteiger partial charge in [0.2, 0.25) is 11.8 Å². The molecule has 1 fully saturated rings. The Hall–Kier alpha value is -4.00. The first kappa shape index (κ1) is 30.0. The van der Waals surface area contributed by atoms with E-state index in [1.807, 2.05) is 19.9 Å². The van der Waals surface area contributed by atoms with Crippen LogP contribution in [0.1, 0.15) is 65.3 Å². The number of fused-ring (bicyclic) bond motifs is 1. The number of amides is 1. The topological polar surface area (TPSA) is 95.1 Å². The first-order valence-electron chi connectivity index (χ1n) is 14.3. The van der Waals surface area contributed by atoms with Crippen molar-refractivity contribution in [3.63, 3.8) is 0 Å². The predicted molar refractivity (Wildman–Crippen MR) is 159 cm³/mol. The van der Waals surface area contributed by atoms with Crippen LogP contribution < -0.4 is 10.3 Å². The lowest BCUT2D eigenvalue weighted by Gasteiger charge is -2.34. The smallest absolute Gasteiger partial charge is 0.417 e. The van der Waals surface area contributed by atoms with Gasteiger partial charge in [0, 0.05) is 33.4 Å². The Morgan fingerprint density at radius 3 is 2.45 bits per heavy atom. The van der Waals surface area contributed by atoms with E-state index in [2.05, 4.69) is 32.9 Å². The highest BCUT2D eigenvalue weighted by atomic mass is 79.9. The van der Waals surface area contributed by atoms with Crippen LogP contribution in [0.5, 0.6) is 5.88 Å². The summed E-state index contributed by atoms with van der Waals surface area (Å²) in [5.74, 6) is 0.735. The number of aryl methyl sites for hydroxylation is 2. The van der Waals surface area contributed by atoms with E-state index in [1.54, 1.807) is 29.9 Å². The Bertz CT molecular complexity index is 1810. The highest BCUT2D eigenvalue weighted by molar-refractivity contribution is 9.10. The van der Waals surface area contributed by atoms with Crippen LogP contribution in [-0.2, 0) is 19.1 Å². The summed E-state index contributed by atoms with van der Waals surface area (Å²) in [4.78, 5) is 38.5. The summed E-state index contributed by atoms with van der Waals surface area (Å²) < 4.78 is 49.5. The molecule has 9 nitrogen and oxygen atoms in total. The summed E-state index contributed by atoms with van der Waals surface area (Å²) in [6.07, 6.45) is -0.819. The second-order valence-corrected chi connectivity index (χ2v) is 12.5. The van der Waals surface area contributed by atoms with E-state index < -0.39 is 23.7 Å². The largest absolute Gasteiger partial charge is 0.474 e. The quantitative estimate of drug-likeness (QED) is 0.260. The second kappa shape index (κ2) is 11.2. The summed E-state index contributed by atoms with van der Waals surface area (Å²) in [5, 5.41) is 4.55. The van der Waals surface area contributed by atoms with Crippen molar-refractivity contribution in [2.45, 2.75) is 71.8 Å². The average Bonchev–Trinajstić information content (AvgIpc) is 3.29. The summed E-state index contributed by atoms with van der Waals surface area (Å²) in [5.41, 5.74) is 1.34. The molecule has 3 aromatic heterocycles. The van der Waals surface area contributed by atoms with Gasteiger partial charge in [-0.2, -0.15) is 18.3 Å². The standard InChI is InChI=1S/C31H30BrF3N6O3/c1-16-9-22(10-16)44-27-8-6-21(14-36-27)40-29(43)23-12-18(3)39(15-26(23)37-30(40)41-19(4)11-17(2)38-41)28(42)20-5-7-25(32)24(13-20)31(33,34)35/h5-8,11,13-14,16,18,22H,9-10,12,15H2,1-4H3/t16-,18?,22-. The molecule has 1 aliphatic heterocycles. The van der Waals surface area contributed by atoms with Crippen molar-refractivity contribution in [3.8, 4) is 17.5 Å². The van der Waals surface area contributed by atoms with Crippen molar-refractivity contribution in [2.75, 3.05) is 0 Å². The highest BCUT2D eigenvalue weighted by Crippen LogP contribution is 2.36. The van der Waals surface area contributed by atoms with Crippen LogP contribution in [0.3, 0.4) is 0 Å². The van der Waals surface area contributed by atoms with E-state index in [9.17, 15) is 22.8 Å². The number of benzene rings is 1. The molecule has 2 aliphatic rings. The van der Waals surface area contributed by atoms with Gasteiger partial charge in [-0.15, -0.1) is 0 Å². The number of alkyl halides is 3. The van der Waals surface area contributed by atoms with Gasteiger partial charge in [0.15, 0.2) is 0 Å². The third-order valence-corrected chi connectivity index (χ3v) is 8.86. The van der Waals surface area contributed by atoms with Gasteiger partial charge in [0.1, 0.15) is 6.10 Å². The number of carbonyl (C=O) groups is 1. The Morgan fingerprint density at radius 2 is 1.84 bits per heavy atom. The minimum atomic E-state index is -4.63. The van der Waals surface area contributed by atoms with Crippen molar-refractivity contribution in [3.05, 3.63) is 91.2 Å². The summed E-state index contributed by atoms with van der Waals surface area (Å²) in [6.45, 7) is 7.55. The number of carbonyl (C=O) groups excluding carboxylic acids is 1. The minimum Gasteiger partial charge on any atom is -0.474 e. The van der Waals surface area contributed by atoms with Crippen molar-refractivity contribution >= 4 is 21.8 Å². The van der Waals surface area contributed by atoms with Crippen LogP contribution in [0.4, 0.5) is 13.2 Å². The fourth-order valence-electron chi connectivity index (χ4n) is 5.84. The number of halogens is 4. The predicted octanol–water partition coefficient (Wildman–Crippen LogP) is 5.98. The molecular weight excluding hydrogens is 641 g/mol. The lowest BCUT2D eigenvalue weighted by molar-refractivity contribution is -0.138. The van der Waals surface area contributed by atoms with E-state index in [0.717, 1.165) is 30.3 Å². The van der Waals surface area contributed by atoms with Gasteiger partial charge in [-0.1, -0.05) is 22.9 Å². The van der Waals surface area contributed by atoms with Gasteiger partial charge in [-0.3, -0.25) is 9.59 Å². The Balaban J connectivity index is 1.39. The molecule has 4 heterocycles. The van der Waals surface area contributed by atoms with Crippen molar-refractivity contribution < 1.29 is 22.7 Å². The molecule has 1 saturated carbocycles. The maximum absolute atomic E-state index is 14.2. The van der Waals surface area contributed by atoms with Gasteiger partial charge >= 0.3 is 6.18 Å². The molecule has 13 heteroatoms. The maximum atomic E-state index is 14.2. The van der Waals surface area contributed by atoms with Crippen LogP contribution in [0, 0.1) is 19.8 Å². The molecule has 0 spiro atoms. The number of pyridine rings is 1. The molecule has 0 N–H and O–H groups in total. The molecule has 0 radical (unpaired) electrons. The Morgan fingerprint density at radius 1 is 1.09 bits per heavy atom. The zero-order valence-electron chi connectivity index (χ0n) is 24.5. The molecule has 1 unspecified atom stereocenters. The average molecular weight is 672 g/mol. The molecule has 1 atom stereocenters. The highest BCUT2D eigenvalue weighted by Gasteiger charge is 2.36. The zero-order chi connectivity index (χ0) is 31.5. The van der Waals surface area contributed by atoms with Gasteiger partial charge < -0.3 is 9.64 Å². The molecule has 1 aliphatic carbocycles. The van der Waals surface area contributed by atoms with Gasteiger partial charge in [0.05, 0.1) is 35.4 Å². The molecule has 6 rings (SSSR count). The van der Waals surface area contributed by atoms with E-state index >= 15 is 0 Å². The van der Waals surface area contributed by atoms with Crippen molar-refractivity contribution in [1.82, 2.24) is 29.2 Å². The van der Waals surface area contributed by atoms with Gasteiger partial charge in [-0.25, -0.2) is 19.2 Å². The van der Waals surface area contributed by atoms with E-state index in [4.69, 9.17) is 9.72 Å². The molecule has 230 valence electrons. The fourth-order valence-corrected chi connectivity index (χ4v) is 6.31. The van der Waals surface area contributed by atoms with E-state index in [-0.39, 0.29) is 40.6 Å². The van der Waals surface area contributed by atoms with Crippen LogP contribution >= 0.6 is 15.9 Å². The Kier molecular flexibility index (Phi) is 7.63. The summed E-state index contributed by atoms with van der Waals surface area (Å²) in [7, 11) is 0. The Labute approximate surface area is 259 Å². The molecule has 0 saturated heterocycles. The molecular formula is C31H30BrF3N6O3. The number of aromatic nitrogens is 5. The van der Waals surface area contributed by atoms with E-state index in [1.165, 1.54) is 21.6 Å². The van der Waals surface area contributed by atoms with Crippen LogP contribution in [0.25, 0.3) is 11.6 Å². The molecule has 1 aromatic carbocycles. The molecule has 4 aromatic rings. The molecule has 0 bridgehead atoms.